The smallest absolute Gasteiger partial charge is 0.330 e. The molecule has 0 aliphatic carbocycles. The lowest BCUT2D eigenvalue weighted by atomic mass is 9.80. The van der Waals surface area contributed by atoms with Gasteiger partial charge in [0.25, 0.3) is 14.1 Å². The van der Waals surface area contributed by atoms with Crippen molar-refractivity contribution in [3.63, 3.8) is 0 Å². The van der Waals surface area contributed by atoms with E-state index in [-0.39, 0.29) is 49.8 Å². The number of aromatic amines is 1. The van der Waals surface area contributed by atoms with E-state index in [9.17, 15) is 14.9 Å². The number of aromatic nitrogens is 2. The van der Waals surface area contributed by atoms with Gasteiger partial charge in [-0.25, -0.2) is 9.46 Å². The predicted octanol–water partition coefficient (Wildman–Crippen LogP) is 9.03. The standard InChI is InChI=1S/C46H63N4O9PSi/c1-32(2)50(33(3)4)60(56-27-15-26-47)59-40-28-42(49-29-34(43(51)48-44(49)52)30-57-61(10,11)45(5,6)7)58-41(40)31-55-46(35-16-13-12-14-17-35,36-18-22-38(53-8)23-19-36)37-20-24-39(54-9)25-21-37/h12-14,16-25,29,32-33,40-42H,15,27-28,30-31H2,1-11H3,(H,48,51,52)/t40-,41+,42+,60?/m0/s1. The van der Waals surface area contributed by atoms with E-state index in [0.717, 1.165) is 16.7 Å². The van der Waals surface area contributed by atoms with Crippen molar-refractivity contribution < 1.29 is 32.4 Å². The third kappa shape index (κ3) is 11.3. The van der Waals surface area contributed by atoms with Gasteiger partial charge < -0.3 is 32.4 Å². The highest BCUT2D eigenvalue weighted by Gasteiger charge is 2.45. The van der Waals surface area contributed by atoms with Crippen LogP contribution in [0.3, 0.4) is 0 Å². The van der Waals surface area contributed by atoms with Crippen molar-refractivity contribution in [3.05, 3.63) is 128 Å². The Morgan fingerprint density at radius 3 is 1.97 bits per heavy atom. The first-order valence-corrected chi connectivity index (χ1v) is 24.9. The van der Waals surface area contributed by atoms with E-state index in [0.29, 0.717) is 17.1 Å². The molecular formula is C46H63N4O9PSi. The molecule has 3 aromatic carbocycles. The van der Waals surface area contributed by atoms with Crippen molar-refractivity contribution >= 4 is 16.8 Å². The van der Waals surface area contributed by atoms with Crippen molar-refractivity contribution in [3.8, 4) is 17.6 Å². The van der Waals surface area contributed by atoms with Gasteiger partial charge in [0.15, 0.2) is 8.32 Å². The molecule has 13 nitrogen and oxygen atoms in total. The molecule has 61 heavy (non-hydrogen) atoms. The quantitative estimate of drug-likeness (QED) is 0.0393. The Hall–Kier alpha value is -4.16. The summed E-state index contributed by atoms with van der Waals surface area (Å²) in [5.41, 5.74) is 0.593. The maximum Gasteiger partial charge on any atom is 0.330 e. The minimum Gasteiger partial charge on any atom is -0.497 e. The molecule has 5 rings (SSSR count). The molecule has 1 aliphatic rings. The third-order valence-electron chi connectivity index (χ3n) is 11.5. The minimum atomic E-state index is -2.24. The van der Waals surface area contributed by atoms with Gasteiger partial charge in [-0.1, -0.05) is 75.4 Å². The van der Waals surface area contributed by atoms with Gasteiger partial charge in [-0.15, -0.1) is 0 Å². The number of methoxy groups -OCH3 is 2. The predicted molar refractivity (Wildman–Crippen MR) is 240 cm³/mol. The number of nitrogens with zero attached hydrogens (tertiary/aromatic N) is 3. The molecule has 1 N–H and O–H groups in total. The molecule has 2 heterocycles. The Morgan fingerprint density at radius 2 is 1.46 bits per heavy atom. The summed E-state index contributed by atoms with van der Waals surface area (Å²) in [6.45, 7) is 19.2. The topological polar surface area (TPSA) is 146 Å². The Bertz CT molecular complexity index is 2110. The zero-order chi connectivity index (χ0) is 44.5. The lowest BCUT2D eigenvalue weighted by Gasteiger charge is -2.39. The zero-order valence-corrected chi connectivity index (χ0v) is 39.4. The van der Waals surface area contributed by atoms with Gasteiger partial charge in [-0.05, 0) is 86.8 Å². The first-order valence-electron chi connectivity index (χ1n) is 20.8. The van der Waals surface area contributed by atoms with Gasteiger partial charge in [-0.3, -0.25) is 14.3 Å². The lowest BCUT2D eigenvalue weighted by molar-refractivity contribution is -0.0926. The second kappa shape index (κ2) is 20.8. The largest absolute Gasteiger partial charge is 0.497 e. The molecule has 330 valence electrons. The first kappa shape index (κ1) is 47.9. The van der Waals surface area contributed by atoms with Crippen LogP contribution in [0.1, 0.15) is 89.8 Å². The maximum absolute atomic E-state index is 13.7. The zero-order valence-electron chi connectivity index (χ0n) is 37.5. The fraction of sp³-hybridized carbons (Fsp3) is 0.500. The molecule has 0 radical (unpaired) electrons. The van der Waals surface area contributed by atoms with Crippen LogP contribution in [0.5, 0.6) is 11.5 Å². The van der Waals surface area contributed by atoms with Crippen molar-refractivity contribution in [2.24, 2.45) is 0 Å². The lowest BCUT2D eigenvalue weighted by Crippen LogP contribution is -2.41. The van der Waals surface area contributed by atoms with Crippen molar-refractivity contribution in [1.82, 2.24) is 14.2 Å². The van der Waals surface area contributed by atoms with Crippen LogP contribution in [0.4, 0.5) is 0 Å². The highest BCUT2D eigenvalue weighted by molar-refractivity contribution is 7.44. The molecule has 1 unspecified atom stereocenters. The number of nitriles is 1. The van der Waals surface area contributed by atoms with Gasteiger partial charge in [0.2, 0.25) is 0 Å². The summed E-state index contributed by atoms with van der Waals surface area (Å²) in [7, 11) is -0.694. The summed E-state index contributed by atoms with van der Waals surface area (Å²) >= 11 is 0. The SMILES string of the molecule is COc1ccc(C(OC[C@H]2O[C@@H](n3cc(CO[Si](C)(C)C(C)(C)C)c(=O)[nH]c3=O)C[C@@H]2OP(OCCC#N)N(C(C)C)C(C)C)(c2ccccc2)c2ccc(OC)cc2)cc1. The molecule has 0 spiro atoms. The van der Waals surface area contributed by atoms with Gasteiger partial charge in [-0.2, -0.15) is 5.26 Å². The van der Waals surface area contributed by atoms with Crippen LogP contribution in [0.2, 0.25) is 18.1 Å². The van der Waals surface area contributed by atoms with Crippen LogP contribution >= 0.6 is 8.53 Å². The van der Waals surface area contributed by atoms with E-state index < -0.39 is 52.1 Å². The summed E-state index contributed by atoms with van der Waals surface area (Å²) in [5.74, 6) is 1.39. The van der Waals surface area contributed by atoms with Crippen LogP contribution in [-0.2, 0) is 35.2 Å². The van der Waals surface area contributed by atoms with Gasteiger partial charge >= 0.3 is 5.69 Å². The van der Waals surface area contributed by atoms with Crippen molar-refractivity contribution in [1.29, 1.82) is 5.26 Å². The van der Waals surface area contributed by atoms with E-state index in [1.165, 1.54) is 4.57 Å². The monoisotopic (exact) mass is 874 g/mol. The van der Waals surface area contributed by atoms with Crippen LogP contribution in [0, 0.1) is 11.3 Å². The fourth-order valence-electron chi connectivity index (χ4n) is 7.14. The third-order valence-corrected chi connectivity index (χ3v) is 18.1. The highest BCUT2D eigenvalue weighted by atomic mass is 31.2. The number of hydrogen-bond donors (Lipinski definition) is 1. The van der Waals surface area contributed by atoms with Crippen LogP contribution in [0.25, 0.3) is 0 Å². The van der Waals surface area contributed by atoms with E-state index in [1.54, 1.807) is 20.4 Å². The van der Waals surface area contributed by atoms with Gasteiger partial charge in [0.05, 0.1) is 58.2 Å². The summed E-state index contributed by atoms with van der Waals surface area (Å²) < 4.78 is 48.6. The molecule has 4 aromatic rings. The van der Waals surface area contributed by atoms with E-state index >= 15 is 0 Å². The van der Waals surface area contributed by atoms with Crippen LogP contribution in [0.15, 0.2) is 94.6 Å². The average Bonchev–Trinajstić information content (AvgIpc) is 3.62. The van der Waals surface area contributed by atoms with Crippen LogP contribution < -0.4 is 20.7 Å². The second-order valence-corrected chi connectivity index (χ2v) is 23.5. The normalized spacial score (nSPS) is 17.8. The van der Waals surface area contributed by atoms with Gasteiger partial charge in [0, 0.05) is 24.7 Å². The summed E-state index contributed by atoms with van der Waals surface area (Å²) in [6.07, 6.45) is -0.256. The molecule has 4 atom stereocenters. The Labute approximate surface area is 363 Å². The minimum absolute atomic E-state index is 0.0122. The van der Waals surface area contributed by atoms with Gasteiger partial charge in [0.1, 0.15) is 29.4 Å². The molecule has 0 bridgehead atoms. The van der Waals surface area contributed by atoms with E-state index in [2.05, 4.69) is 77.3 Å². The molecule has 1 aliphatic heterocycles. The second-order valence-electron chi connectivity index (χ2n) is 17.2. The Morgan fingerprint density at radius 1 is 0.902 bits per heavy atom. The molecule has 1 aromatic heterocycles. The number of rotatable bonds is 20. The van der Waals surface area contributed by atoms with Crippen LogP contribution in [-0.4, -0.2) is 74.3 Å². The summed E-state index contributed by atoms with van der Waals surface area (Å²) in [4.78, 5) is 29.4. The van der Waals surface area contributed by atoms with Crippen molar-refractivity contribution in [2.75, 3.05) is 27.4 Å². The molecule has 0 saturated carbocycles. The summed E-state index contributed by atoms with van der Waals surface area (Å²) in [6, 6.07) is 27.8. The number of benzene rings is 3. The Balaban J connectivity index is 1.61. The van der Waals surface area contributed by atoms with Crippen molar-refractivity contribution in [2.45, 2.75) is 122 Å². The molecule has 1 saturated heterocycles. The number of hydrogen-bond acceptors (Lipinski definition) is 11. The van der Waals surface area contributed by atoms with E-state index in [4.69, 9.17) is 32.4 Å². The molecule has 1 fully saturated rings. The van der Waals surface area contributed by atoms with E-state index in [1.807, 2.05) is 78.9 Å². The average molecular weight is 875 g/mol. The molecular weight excluding hydrogens is 812 g/mol. The summed E-state index contributed by atoms with van der Waals surface area (Å²) in [5, 5.41) is 9.33. The fourth-order valence-corrected chi connectivity index (χ4v) is 9.85. The highest BCUT2D eigenvalue weighted by Crippen LogP contribution is 2.51. The number of H-pyrrole nitrogens is 1. The number of ether oxygens (including phenoxy) is 4. The molecule has 0 amide bonds. The molecule has 15 heteroatoms. The number of nitrogens with one attached hydrogen (secondary N) is 1. The maximum atomic E-state index is 13.7. The first-order chi connectivity index (χ1) is 28.9. The Kier molecular flexibility index (Phi) is 16.3.